The molecule has 1 fully saturated rings. The van der Waals surface area contributed by atoms with Crippen LogP contribution in [0.2, 0.25) is 0 Å². The molecule has 4 atom stereocenters. The van der Waals surface area contributed by atoms with Crippen LogP contribution in [0.4, 0.5) is 11.4 Å². The summed E-state index contributed by atoms with van der Waals surface area (Å²) in [6.45, 7) is 1.49. The van der Waals surface area contributed by atoms with E-state index in [0.29, 0.717) is 24.6 Å². The highest BCUT2D eigenvalue weighted by atomic mass is 16.4. The maximum atomic E-state index is 12.3. The zero-order valence-corrected chi connectivity index (χ0v) is 14.3. The fraction of sp³-hybridized carbons (Fsp3) is 0.400. The molecule has 4 heterocycles. The van der Waals surface area contributed by atoms with Gasteiger partial charge in [0.15, 0.2) is 0 Å². The number of carbonyl (C=O) groups is 1. The Bertz CT molecular complexity index is 967. The van der Waals surface area contributed by atoms with Crippen molar-refractivity contribution in [2.75, 3.05) is 17.2 Å². The lowest BCUT2D eigenvalue weighted by atomic mass is 9.69. The number of anilines is 2. The van der Waals surface area contributed by atoms with E-state index in [4.69, 9.17) is 5.73 Å². The highest BCUT2D eigenvalue weighted by Gasteiger charge is 2.49. The summed E-state index contributed by atoms with van der Waals surface area (Å²) >= 11 is 0. The van der Waals surface area contributed by atoms with Gasteiger partial charge in [0.25, 0.3) is 5.56 Å². The number of nitrogens with zero attached hydrogens (tertiary/aromatic N) is 2. The van der Waals surface area contributed by atoms with Crippen molar-refractivity contribution in [2.45, 2.75) is 31.3 Å². The van der Waals surface area contributed by atoms with Gasteiger partial charge in [-0.2, -0.15) is 0 Å². The van der Waals surface area contributed by atoms with Gasteiger partial charge in [-0.15, -0.1) is 0 Å². The normalized spacial score (nSPS) is 28.7. The lowest BCUT2D eigenvalue weighted by Gasteiger charge is -2.53. The molecule has 0 saturated carbocycles. The van der Waals surface area contributed by atoms with Gasteiger partial charge in [-0.25, -0.2) is 0 Å². The van der Waals surface area contributed by atoms with Crippen LogP contribution in [0.3, 0.4) is 0 Å². The molecule has 2 aromatic rings. The molecule has 26 heavy (non-hydrogen) atoms. The molecule has 0 aliphatic carbocycles. The maximum Gasteiger partial charge on any atom is 0.308 e. The molecule has 3 aliphatic heterocycles. The van der Waals surface area contributed by atoms with E-state index in [-0.39, 0.29) is 17.5 Å². The summed E-state index contributed by atoms with van der Waals surface area (Å²) in [5, 5.41) is 9.95. The SMILES string of the molecule is Nc1ccc2c(c1)C[C@@H](C(=O)O)[C@H]1[C@@H]3C[C@H](CN21)Cn1c3cccc1=O. The van der Waals surface area contributed by atoms with Gasteiger partial charge < -0.3 is 20.3 Å². The molecule has 3 N–H and O–H groups in total. The first kappa shape index (κ1) is 15.5. The number of pyridine rings is 1. The Morgan fingerprint density at radius 2 is 2.04 bits per heavy atom. The number of benzene rings is 1. The second-order valence-electron chi connectivity index (χ2n) is 7.79. The zero-order valence-electron chi connectivity index (χ0n) is 14.3. The first-order valence-corrected chi connectivity index (χ1v) is 9.10. The number of carboxylic acid groups (broad SMARTS) is 1. The van der Waals surface area contributed by atoms with Crippen LogP contribution >= 0.6 is 0 Å². The van der Waals surface area contributed by atoms with E-state index in [1.165, 1.54) is 0 Å². The number of hydrogen-bond acceptors (Lipinski definition) is 4. The molecule has 5 rings (SSSR count). The number of piperidine rings is 1. The van der Waals surface area contributed by atoms with Crippen LogP contribution in [0.5, 0.6) is 0 Å². The topological polar surface area (TPSA) is 88.6 Å². The van der Waals surface area contributed by atoms with E-state index < -0.39 is 11.9 Å². The summed E-state index contributed by atoms with van der Waals surface area (Å²) < 4.78 is 1.85. The third kappa shape index (κ3) is 2.11. The lowest BCUT2D eigenvalue weighted by Crippen LogP contribution is -2.59. The van der Waals surface area contributed by atoms with Crippen molar-refractivity contribution in [3.63, 3.8) is 0 Å². The second-order valence-corrected chi connectivity index (χ2v) is 7.79. The molecule has 134 valence electrons. The van der Waals surface area contributed by atoms with Gasteiger partial charge >= 0.3 is 5.97 Å². The van der Waals surface area contributed by atoms with E-state index in [1.54, 1.807) is 12.1 Å². The predicted molar refractivity (Wildman–Crippen MR) is 98.4 cm³/mol. The first-order valence-electron chi connectivity index (χ1n) is 9.10. The van der Waals surface area contributed by atoms with Crippen molar-refractivity contribution in [3.05, 3.63) is 58.0 Å². The number of fused-ring (bicyclic) bond motifs is 8. The maximum absolute atomic E-state index is 12.3. The van der Waals surface area contributed by atoms with Gasteiger partial charge in [0.1, 0.15) is 0 Å². The molecule has 1 aromatic heterocycles. The third-order valence-corrected chi connectivity index (χ3v) is 6.30. The quantitative estimate of drug-likeness (QED) is 0.763. The van der Waals surface area contributed by atoms with Crippen LogP contribution in [0.25, 0.3) is 0 Å². The van der Waals surface area contributed by atoms with Crippen molar-refractivity contribution in [2.24, 2.45) is 11.8 Å². The van der Waals surface area contributed by atoms with Crippen LogP contribution in [0, 0.1) is 11.8 Å². The lowest BCUT2D eigenvalue weighted by molar-refractivity contribution is -0.143. The molecular weight excluding hydrogens is 330 g/mol. The van der Waals surface area contributed by atoms with Crippen molar-refractivity contribution < 1.29 is 9.90 Å². The number of aromatic nitrogens is 1. The van der Waals surface area contributed by atoms with Crippen molar-refractivity contribution in [1.82, 2.24) is 4.57 Å². The minimum absolute atomic E-state index is 0.0153. The third-order valence-electron chi connectivity index (χ3n) is 6.30. The fourth-order valence-corrected chi connectivity index (χ4v) is 5.33. The summed E-state index contributed by atoms with van der Waals surface area (Å²) in [7, 11) is 0. The highest BCUT2D eigenvalue weighted by Crippen LogP contribution is 2.48. The smallest absolute Gasteiger partial charge is 0.308 e. The van der Waals surface area contributed by atoms with E-state index in [2.05, 4.69) is 4.90 Å². The average Bonchev–Trinajstić information content (AvgIpc) is 2.61. The van der Waals surface area contributed by atoms with Gasteiger partial charge in [0.2, 0.25) is 0 Å². The number of rotatable bonds is 1. The summed E-state index contributed by atoms with van der Waals surface area (Å²) in [6.07, 6.45) is 1.42. The Hall–Kier alpha value is -2.76. The molecule has 0 spiro atoms. The number of carboxylic acids is 1. The van der Waals surface area contributed by atoms with Crippen LogP contribution in [0.1, 0.15) is 23.6 Å². The van der Waals surface area contributed by atoms with E-state index in [9.17, 15) is 14.7 Å². The van der Waals surface area contributed by atoms with Crippen LogP contribution in [0.15, 0.2) is 41.2 Å². The monoisotopic (exact) mass is 351 g/mol. The van der Waals surface area contributed by atoms with Crippen LogP contribution in [-0.4, -0.2) is 28.2 Å². The predicted octanol–water partition coefficient (Wildman–Crippen LogP) is 1.68. The fourth-order valence-electron chi connectivity index (χ4n) is 5.33. The van der Waals surface area contributed by atoms with Gasteiger partial charge in [-0.1, -0.05) is 6.07 Å². The summed E-state index contributed by atoms with van der Waals surface area (Å²) in [5.74, 6) is -0.871. The van der Waals surface area contributed by atoms with Gasteiger partial charge in [0.05, 0.1) is 12.0 Å². The molecule has 6 nitrogen and oxygen atoms in total. The Balaban J connectivity index is 1.69. The van der Waals surface area contributed by atoms with Crippen molar-refractivity contribution in [3.8, 4) is 0 Å². The van der Waals surface area contributed by atoms with Crippen LogP contribution < -0.4 is 16.2 Å². The highest BCUT2D eigenvalue weighted by molar-refractivity contribution is 5.76. The molecule has 6 heteroatoms. The number of nitrogen functional groups attached to an aromatic ring is 1. The summed E-state index contributed by atoms with van der Waals surface area (Å²) in [5.41, 5.74) is 9.71. The van der Waals surface area contributed by atoms with Gasteiger partial charge in [-0.3, -0.25) is 9.59 Å². The summed E-state index contributed by atoms with van der Waals surface area (Å²) in [4.78, 5) is 26.7. The largest absolute Gasteiger partial charge is 0.481 e. The van der Waals surface area contributed by atoms with Crippen molar-refractivity contribution in [1.29, 1.82) is 0 Å². The number of nitrogens with two attached hydrogens (primary N) is 1. The first-order chi connectivity index (χ1) is 12.5. The zero-order chi connectivity index (χ0) is 18.0. The standard InChI is InChI=1S/C20H21N3O3/c21-13-4-5-16-12(7-13)8-15(20(25)26)19-14-6-11(10-23(16)19)9-22-17(14)2-1-3-18(22)24/h1-5,7,11,14-15,19H,6,8-10,21H2,(H,25,26)/t11-,14+,15+,19+/m0/s1. The minimum atomic E-state index is -0.776. The Labute approximate surface area is 150 Å². The van der Waals surface area contributed by atoms with E-state index >= 15 is 0 Å². The average molecular weight is 351 g/mol. The number of aliphatic carboxylic acids is 1. The minimum Gasteiger partial charge on any atom is -0.481 e. The molecule has 0 radical (unpaired) electrons. The van der Waals surface area contributed by atoms with Gasteiger partial charge in [0, 0.05) is 42.1 Å². The number of hydrogen-bond donors (Lipinski definition) is 2. The van der Waals surface area contributed by atoms with Crippen LogP contribution in [-0.2, 0) is 17.8 Å². The Morgan fingerprint density at radius 3 is 2.85 bits per heavy atom. The molecule has 0 amide bonds. The van der Waals surface area contributed by atoms with E-state index in [0.717, 1.165) is 29.9 Å². The molecule has 1 aromatic carbocycles. The Kier molecular flexibility index (Phi) is 3.20. The second kappa shape index (κ2) is 5.37. The molecule has 0 unspecified atom stereocenters. The van der Waals surface area contributed by atoms with Crippen molar-refractivity contribution >= 4 is 17.3 Å². The molecule has 3 aliphatic rings. The molecule has 1 saturated heterocycles. The summed E-state index contributed by atoms with van der Waals surface area (Å²) in [6, 6.07) is 11.1. The molecular formula is C20H21N3O3. The van der Waals surface area contributed by atoms with Gasteiger partial charge in [-0.05, 0) is 48.6 Å². The Morgan fingerprint density at radius 1 is 1.19 bits per heavy atom. The molecule has 2 bridgehead atoms. The van der Waals surface area contributed by atoms with E-state index in [1.807, 2.05) is 28.8 Å².